The SMILES string of the molecule is Cc1cccc(C(CO)OCc2ccccc2)c1. The van der Waals surface area contributed by atoms with Crippen LogP contribution in [-0.4, -0.2) is 11.7 Å². The van der Waals surface area contributed by atoms with E-state index in [-0.39, 0.29) is 12.7 Å². The van der Waals surface area contributed by atoms with Crippen LogP contribution in [0.15, 0.2) is 54.6 Å². The molecule has 1 N–H and O–H groups in total. The van der Waals surface area contributed by atoms with Crippen molar-refractivity contribution in [3.05, 3.63) is 71.3 Å². The van der Waals surface area contributed by atoms with Crippen molar-refractivity contribution in [2.75, 3.05) is 6.61 Å². The molecule has 1 unspecified atom stereocenters. The van der Waals surface area contributed by atoms with Crippen LogP contribution in [0.3, 0.4) is 0 Å². The molecule has 0 saturated heterocycles. The van der Waals surface area contributed by atoms with Gasteiger partial charge < -0.3 is 9.84 Å². The molecule has 0 fully saturated rings. The monoisotopic (exact) mass is 242 g/mol. The third-order valence-corrected chi connectivity index (χ3v) is 2.87. The molecule has 2 rings (SSSR count). The van der Waals surface area contributed by atoms with Gasteiger partial charge in [-0.25, -0.2) is 0 Å². The van der Waals surface area contributed by atoms with Gasteiger partial charge in [0, 0.05) is 0 Å². The average Bonchev–Trinajstić information content (AvgIpc) is 2.41. The summed E-state index contributed by atoms with van der Waals surface area (Å²) in [6, 6.07) is 18.0. The van der Waals surface area contributed by atoms with Gasteiger partial charge >= 0.3 is 0 Å². The summed E-state index contributed by atoms with van der Waals surface area (Å²) in [5.74, 6) is 0. The minimum Gasteiger partial charge on any atom is -0.393 e. The molecule has 18 heavy (non-hydrogen) atoms. The molecule has 0 heterocycles. The van der Waals surface area contributed by atoms with E-state index in [0.29, 0.717) is 6.61 Å². The molecule has 0 aliphatic heterocycles. The van der Waals surface area contributed by atoms with Crippen molar-refractivity contribution >= 4 is 0 Å². The van der Waals surface area contributed by atoms with Crippen molar-refractivity contribution in [1.82, 2.24) is 0 Å². The fraction of sp³-hybridized carbons (Fsp3) is 0.250. The van der Waals surface area contributed by atoms with E-state index < -0.39 is 0 Å². The number of ether oxygens (including phenoxy) is 1. The molecular weight excluding hydrogens is 224 g/mol. The molecule has 2 heteroatoms. The van der Waals surface area contributed by atoms with Crippen LogP contribution in [0.1, 0.15) is 22.8 Å². The van der Waals surface area contributed by atoms with Crippen LogP contribution < -0.4 is 0 Å². The van der Waals surface area contributed by atoms with Crippen molar-refractivity contribution in [2.45, 2.75) is 19.6 Å². The highest BCUT2D eigenvalue weighted by Crippen LogP contribution is 2.19. The number of aryl methyl sites for hydroxylation is 1. The summed E-state index contributed by atoms with van der Waals surface area (Å²) in [7, 11) is 0. The number of aliphatic hydroxyl groups excluding tert-OH is 1. The lowest BCUT2D eigenvalue weighted by atomic mass is 10.1. The Morgan fingerprint density at radius 3 is 2.50 bits per heavy atom. The second-order valence-electron chi connectivity index (χ2n) is 4.38. The first-order valence-corrected chi connectivity index (χ1v) is 6.12. The summed E-state index contributed by atoms with van der Waals surface area (Å²) < 4.78 is 5.77. The number of hydrogen-bond donors (Lipinski definition) is 1. The van der Waals surface area contributed by atoms with Crippen molar-refractivity contribution in [3.63, 3.8) is 0 Å². The van der Waals surface area contributed by atoms with Gasteiger partial charge in [-0.2, -0.15) is 0 Å². The summed E-state index contributed by atoms with van der Waals surface area (Å²) in [6.45, 7) is 2.55. The standard InChI is InChI=1S/C16H18O2/c1-13-6-5-9-15(10-13)16(11-17)18-12-14-7-3-2-4-8-14/h2-10,16-17H,11-12H2,1H3. The summed E-state index contributed by atoms with van der Waals surface area (Å²) in [5, 5.41) is 9.42. The van der Waals surface area contributed by atoms with Crippen LogP contribution in [0.25, 0.3) is 0 Å². The summed E-state index contributed by atoms with van der Waals surface area (Å²) in [5.41, 5.74) is 3.31. The maximum Gasteiger partial charge on any atom is 0.106 e. The lowest BCUT2D eigenvalue weighted by Gasteiger charge is -2.16. The Bertz CT molecular complexity index is 479. The molecule has 0 bridgehead atoms. The van der Waals surface area contributed by atoms with Crippen molar-refractivity contribution in [1.29, 1.82) is 0 Å². The van der Waals surface area contributed by atoms with Gasteiger partial charge in [-0.3, -0.25) is 0 Å². The Balaban J connectivity index is 2.02. The van der Waals surface area contributed by atoms with Crippen LogP contribution in [0.2, 0.25) is 0 Å². The van der Waals surface area contributed by atoms with Gasteiger partial charge in [0.25, 0.3) is 0 Å². The minimum absolute atomic E-state index is 0.00368. The summed E-state index contributed by atoms with van der Waals surface area (Å²) in [4.78, 5) is 0. The van der Waals surface area contributed by atoms with E-state index in [4.69, 9.17) is 4.74 Å². The van der Waals surface area contributed by atoms with Crippen LogP contribution in [0, 0.1) is 6.92 Å². The Labute approximate surface area is 108 Å². The second-order valence-corrected chi connectivity index (χ2v) is 4.38. The molecule has 2 nitrogen and oxygen atoms in total. The normalized spacial score (nSPS) is 12.3. The van der Waals surface area contributed by atoms with E-state index in [1.807, 2.05) is 61.5 Å². The Hall–Kier alpha value is -1.64. The van der Waals surface area contributed by atoms with E-state index in [1.165, 1.54) is 5.56 Å². The highest BCUT2D eigenvalue weighted by molar-refractivity contribution is 5.24. The van der Waals surface area contributed by atoms with Crippen LogP contribution in [-0.2, 0) is 11.3 Å². The minimum atomic E-state index is -0.259. The number of hydrogen-bond acceptors (Lipinski definition) is 2. The largest absolute Gasteiger partial charge is 0.393 e. The number of aliphatic hydroxyl groups is 1. The summed E-state index contributed by atoms with van der Waals surface area (Å²) >= 11 is 0. The first-order chi connectivity index (χ1) is 8.79. The molecule has 94 valence electrons. The highest BCUT2D eigenvalue weighted by Gasteiger charge is 2.10. The van der Waals surface area contributed by atoms with Crippen molar-refractivity contribution in [3.8, 4) is 0 Å². The highest BCUT2D eigenvalue weighted by atomic mass is 16.5. The first kappa shape index (κ1) is 12.8. The van der Waals surface area contributed by atoms with E-state index in [2.05, 4.69) is 0 Å². The predicted molar refractivity (Wildman–Crippen MR) is 72.2 cm³/mol. The molecule has 0 spiro atoms. The third kappa shape index (κ3) is 3.42. The second kappa shape index (κ2) is 6.34. The molecule has 0 saturated carbocycles. The smallest absolute Gasteiger partial charge is 0.106 e. The Kier molecular flexibility index (Phi) is 4.51. The van der Waals surface area contributed by atoms with E-state index in [0.717, 1.165) is 11.1 Å². The molecular formula is C16H18O2. The molecule has 2 aromatic rings. The maximum absolute atomic E-state index is 9.42. The molecule has 0 radical (unpaired) electrons. The van der Waals surface area contributed by atoms with Crippen LogP contribution in [0.5, 0.6) is 0 Å². The fourth-order valence-corrected chi connectivity index (χ4v) is 1.90. The average molecular weight is 242 g/mol. The molecule has 0 amide bonds. The van der Waals surface area contributed by atoms with E-state index in [9.17, 15) is 5.11 Å². The summed E-state index contributed by atoms with van der Waals surface area (Å²) in [6.07, 6.45) is -0.259. The Morgan fingerprint density at radius 1 is 1.06 bits per heavy atom. The molecule has 0 aliphatic carbocycles. The van der Waals surface area contributed by atoms with Crippen LogP contribution in [0.4, 0.5) is 0 Å². The zero-order valence-corrected chi connectivity index (χ0v) is 10.5. The maximum atomic E-state index is 9.42. The van der Waals surface area contributed by atoms with Gasteiger partial charge in [-0.1, -0.05) is 60.2 Å². The van der Waals surface area contributed by atoms with Crippen molar-refractivity contribution < 1.29 is 9.84 Å². The molecule has 0 aromatic heterocycles. The van der Waals surface area contributed by atoms with Gasteiger partial charge in [0.15, 0.2) is 0 Å². The van der Waals surface area contributed by atoms with Gasteiger partial charge in [0.2, 0.25) is 0 Å². The topological polar surface area (TPSA) is 29.5 Å². The zero-order valence-electron chi connectivity index (χ0n) is 10.5. The fourth-order valence-electron chi connectivity index (χ4n) is 1.90. The van der Waals surface area contributed by atoms with E-state index in [1.54, 1.807) is 0 Å². The quantitative estimate of drug-likeness (QED) is 0.872. The zero-order chi connectivity index (χ0) is 12.8. The Morgan fingerprint density at radius 2 is 1.83 bits per heavy atom. The number of rotatable bonds is 5. The number of benzene rings is 2. The van der Waals surface area contributed by atoms with Crippen molar-refractivity contribution in [2.24, 2.45) is 0 Å². The lowest BCUT2D eigenvalue weighted by Crippen LogP contribution is -2.09. The third-order valence-electron chi connectivity index (χ3n) is 2.87. The molecule has 2 aromatic carbocycles. The molecule has 1 atom stereocenters. The van der Waals surface area contributed by atoms with Crippen LogP contribution >= 0.6 is 0 Å². The lowest BCUT2D eigenvalue weighted by molar-refractivity contribution is 0.00108. The van der Waals surface area contributed by atoms with Gasteiger partial charge in [0.05, 0.1) is 13.2 Å². The van der Waals surface area contributed by atoms with Gasteiger partial charge in [0.1, 0.15) is 6.10 Å². The molecule has 0 aliphatic rings. The van der Waals surface area contributed by atoms with E-state index >= 15 is 0 Å². The van der Waals surface area contributed by atoms with Gasteiger partial charge in [-0.15, -0.1) is 0 Å². The first-order valence-electron chi connectivity index (χ1n) is 6.12. The predicted octanol–water partition coefficient (Wildman–Crippen LogP) is 3.25. The van der Waals surface area contributed by atoms with Gasteiger partial charge in [-0.05, 0) is 18.1 Å².